The van der Waals surface area contributed by atoms with Crippen LogP contribution in [0.15, 0.2) is 35.5 Å². The van der Waals surface area contributed by atoms with Gasteiger partial charge in [0.15, 0.2) is 5.82 Å². The number of hydrogen-bond acceptors (Lipinski definition) is 7. The molecule has 0 saturated carbocycles. The standard InChI is InChI=1S/C20H24N6O/c1-2-16-13-26(9-8-22-16)19-6-5-17(24-25-19)20-18(27)10-15(12-23-20)14-4-3-7-21-11-14/h4-6,10-12,16,22,27H,2-3,7-9,13H2,1H3/t16-/m0/s1. The molecule has 7 nitrogen and oxygen atoms in total. The SMILES string of the molecule is CC[C@H]1CN(c2ccc(-c3ncc(C4=CCCN=C4)cc3O)nn2)CCN1. The average molecular weight is 364 g/mol. The van der Waals surface area contributed by atoms with Crippen molar-refractivity contribution in [2.24, 2.45) is 4.99 Å². The molecule has 27 heavy (non-hydrogen) atoms. The molecule has 0 spiro atoms. The number of anilines is 1. The number of aromatic nitrogens is 3. The number of dihydropyridines is 1. The molecule has 2 N–H and O–H groups in total. The van der Waals surface area contributed by atoms with Crippen LogP contribution in [0.2, 0.25) is 0 Å². The third-order valence-electron chi connectivity index (χ3n) is 5.02. The van der Waals surface area contributed by atoms with E-state index in [0.29, 0.717) is 17.4 Å². The molecule has 0 amide bonds. The number of allylic oxidation sites excluding steroid dienone is 1. The van der Waals surface area contributed by atoms with Crippen molar-refractivity contribution in [3.63, 3.8) is 0 Å². The molecule has 2 aliphatic heterocycles. The Hall–Kier alpha value is -2.80. The zero-order valence-corrected chi connectivity index (χ0v) is 15.5. The number of pyridine rings is 1. The van der Waals surface area contributed by atoms with Gasteiger partial charge in [-0.25, -0.2) is 4.98 Å². The molecule has 140 valence electrons. The maximum atomic E-state index is 10.4. The smallest absolute Gasteiger partial charge is 0.151 e. The van der Waals surface area contributed by atoms with Crippen LogP contribution in [0.5, 0.6) is 5.75 Å². The van der Waals surface area contributed by atoms with Crippen molar-refractivity contribution >= 4 is 17.6 Å². The van der Waals surface area contributed by atoms with E-state index < -0.39 is 0 Å². The molecule has 0 aliphatic carbocycles. The van der Waals surface area contributed by atoms with Crippen LogP contribution in [0.3, 0.4) is 0 Å². The second kappa shape index (κ2) is 7.84. The van der Waals surface area contributed by atoms with Crippen molar-refractivity contribution < 1.29 is 5.11 Å². The summed E-state index contributed by atoms with van der Waals surface area (Å²) >= 11 is 0. The summed E-state index contributed by atoms with van der Waals surface area (Å²) in [6, 6.07) is 6.01. The minimum Gasteiger partial charge on any atom is -0.506 e. The molecule has 2 aliphatic rings. The van der Waals surface area contributed by atoms with E-state index in [-0.39, 0.29) is 5.75 Å². The first-order valence-electron chi connectivity index (χ1n) is 9.46. The van der Waals surface area contributed by atoms with Crippen LogP contribution < -0.4 is 10.2 Å². The molecule has 1 saturated heterocycles. The predicted octanol–water partition coefficient (Wildman–Crippen LogP) is 2.29. The summed E-state index contributed by atoms with van der Waals surface area (Å²) in [6.07, 6.45) is 7.68. The van der Waals surface area contributed by atoms with Crippen molar-refractivity contribution in [2.45, 2.75) is 25.8 Å². The molecule has 0 radical (unpaired) electrons. The topological polar surface area (TPSA) is 86.5 Å². The number of rotatable bonds is 4. The van der Waals surface area contributed by atoms with Crippen LogP contribution in [-0.2, 0) is 0 Å². The predicted molar refractivity (Wildman–Crippen MR) is 107 cm³/mol. The summed E-state index contributed by atoms with van der Waals surface area (Å²) in [7, 11) is 0. The highest BCUT2D eigenvalue weighted by atomic mass is 16.3. The third-order valence-corrected chi connectivity index (χ3v) is 5.02. The van der Waals surface area contributed by atoms with Gasteiger partial charge >= 0.3 is 0 Å². The van der Waals surface area contributed by atoms with Crippen LogP contribution >= 0.6 is 0 Å². The molecule has 1 atom stereocenters. The zero-order chi connectivity index (χ0) is 18.6. The molecule has 2 aromatic rings. The highest BCUT2D eigenvalue weighted by Gasteiger charge is 2.19. The van der Waals surface area contributed by atoms with E-state index >= 15 is 0 Å². The number of aliphatic imine (C=N–C) groups is 1. The summed E-state index contributed by atoms with van der Waals surface area (Å²) in [5, 5.41) is 22.6. The van der Waals surface area contributed by atoms with E-state index in [2.05, 4.69) is 43.4 Å². The van der Waals surface area contributed by atoms with Crippen LogP contribution in [0.4, 0.5) is 5.82 Å². The van der Waals surface area contributed by atoms with Gasteiger partial charge in [0.1, 0.15) is 17.1 Å². The highest BCUT2D eigenvalue weighted by molar-refractivity contribution is 6.10. The van der Waals surface area contributed by atoms with E-state index in [1.54, 1.807) is 12.3 Å². The third kappa shape index (κ3) is 3.83. The van der Waals surface area contributed by atoms with Gasteiger partial charge in [-0.3, -0.25) is 4.99 Å². The van der Waals surface area contributed by atoms with Crippen LogP contribution in [0, 0.1) is 0 Å². The molecule has 0 bridgehead atoms. The lowest BCUT2D eigenvalue weighted by molar-refractivity contribution is 0.444. The summed E-state index contributed by atoms with van der Waals surface area (Å²) < 4.78 is 0. The molecule has 0 aromatic carbocycles. The van der Waals surface area contributed by atoms with E-state index in [1.165, 1.54) is 0 Å². The summed E-state index contributed by atoms with van der Waals surface area (Å²) in [6.45, 7) is 5.79. The number of aromatic hydroxyl groups is 1. The molecule has 7 heteroatoms. The minimum absolute atomic E-state index is 0.0997. The first kappa shape index (κ1) is 17.6. The van der Waals surface area contributed by atoms with Crippen molar-refractivity contribution in [3.8, 4) is 17.1 Å². The Morgan fingerprint density at radius 1 is 1.30 bits per heavy atom. The van der Waals surface area contributed by atoms with Gasteiger partial charge in [-0.2, -0.15) is 0 Å². The maximum absolute atomic E-state index is 10.4. The number of hydrogen-bond donors (Lipinski definition) is 2. The number of nitrogens with one attached hydrogen (secondary N) is 1. The lowest BCUT2D eigenvalue weighted by atomic mass is 10.0. The maximum Gasteiger partial charge on any atom is 0.151 e. The van der Waals surface area contributed by atoms with Crippen molar-refractivity contribution in [1.82, 2.24) is 20.5 Å². The quantitative estimate of drug-likeness (QED) is 0.866. The van der Waals surface area contributed by atoms with Gasteiger partial charge in [0.2, 0.25) is 0 Å². The Kier molecular flexibility index (Phi) is 5.11. The number of piperazine rings is 1. The van der Waals surface area contributed by atoms with Gasteiger partial charge in [-0.1, -0.05) is 13.0 Å². The van der Waals surface area contributed by atoms with E-state index in [9.17, 15) is 5.11 Å². The summed E-state index contributed by atoms with van der Waals surface area (Å²) in [5.74, 6) is 0.959. The van der Waals surface area contributed by atoms with Gasteiger partial charge in [0.05, 0.1) is 0 Å². The average Bonchev–Trinajstić information content (AvgIpc) is 2.74. The minimum atomic E-state index is 0.0997. The Morgan fingerprint density at radius 3 is 2.93 bits per heavy atom. The number of nitrogens with zero attached hydrogens (tertiary/aromatic N) is 5. The van der Waals surface area contributed by atoms with E-state index in [1.807, 2.05) is 18.3 Å². The summed E-state index contributed by atoms with van der Waals surface area (Å²) in [4.78, 5) is 10.9. The molecular formula is C20H24N6O. The molecule has 2 aromatic heterocycles. The fourth-order valence-corrected chi connectivity index (χ4v) is 3.44. The lowest BCUT2D eigenvalue weighted by Crippen LogP contribution is -2.50. The molecule has 4 rings (SSSR count). The Bertz CT molecular complexity index is 861. The van der Waals surface area contributed by atoms with Crippen LogP contribution in [-0.4, -0.2) is 58.7 Å². The van der Waals surface area contributed by atoms with Gasteiger partial charge in [-0.15, -0.1) is 10.2 Å². The first-order chi connectivity index (χ1) is 13.2. The van der Waals surface area contributed by atoms with Crippen molar-refractivity contribution in [1.29, 1.82) is 0 Å². The van der Waals surface area contributed by atoms with Crippen LogP contribution in [0.1, 0.15) is 25.3 Å². The normalized spacial score (nSPS) is 19.8. The first-order valence-corrected chi connectivity index (χ1v) is 9.46. The lowest BCUT2D eigenvalue weighted by Gasteiger charge is -2.33. The van der Waals surface area contributed by atoms with Gasteiger partial charge in [0.25, 0.3) is 0 Å². The molecule has 4 heterocycles. The van der Waals surface area contributed by atoms with Crippen molar-refractivity contribution in [2.75, 3.05) is 31.1 Å². The van der Waals surface area contributed by atoms with Gasteiger partial charge in [-0.05, 0) is 36.6 Å². The second-order valence-corrected chi connectivity index (χ2v) is 6.86. The summed E-state index contributed by atoms with van der Waals surface area (Å²) in [5.41, 5.74) is 2.85. The molecule has 0 unspecified atom stereocenters. The highest BCUT2D eigenvalue weighted by Crippen LogP contribution is 2.29. The molecular weight excluding hydrogens is 340 g/mol. The zero-order valence-electron chi connectivity index (χ0n) is 15.5. The van der Waals surface area contributed by atoms with Gasteiger partial charge < -0.3 is 15.3 Å². The van der Waals surface area contributed by atoms with Crippen LogP contribution in [0.25, 0.3) is 17.0 Å². The van der Waals surface area contributed by atoms with E-state index in [4.69, 9.17) is 0 Å². The Labute approximate surface area is 158 Å². The fourth-order valence-electron chi connectivity index (χ4n) is 3.44. The Balaban J connectivity index is 1.53. The molecule has 1 fully saturated rings. The fraction of sp³-hybridized carbons (Fsp3) is 0.400. The van der Waals surface area contributed by atoms with E-state index in [0.717, 1.165) is 56.0 Å². The largest absolute Gasteiger partial charge is 0.506 e. The van der Waals surface area contributed by atoms with Gasteiger partial charge in [0, 0.05) is 50.2 Å². The Morgan fingerprint density at radius 2 is 2.22 bits per heavy atom. The monoisotopic (exact) mass is 364 g/mol. The second-order valence-electron chi connectivity index (χ2n) is 6.86. The van der Waals surface area contributed by atoms with Crippen molar-refractivity contribution in [3.05, 3.63) is 36.0 Å².